The van der Waals surface area contributed by atoms with Gasteiger partial charge in [0.2, 0.25) is 0 Å². The highest BCUT2D eigenvalue weighted by Crippen LogP contribution is 2.68. The molecule has 4 aliphatic rings. The average molecular weight is 306 g/mol. The van der Waals surface area contributed by atoms with Gasteiger partial charge in [0.25, 0.3) is 0 Å². The first-order valence-electron chi connectivity index (χ1n) is 9.68. The summed E-state index contributed by atoms with van der Waals surface area (Å²) >= 11 is 0. The molecule has 0 aromatic heterocycles. The molecule has 0 bridgehead atoms. The molecule has 0 radical (unpaired) electrons. The minimum atomic E-state index is -0.455. The summed E-state index contributed by atoms with van der Waals surface area (Å²) in [6.45, 7) is 7.01. The van der Waals surface area contributed by atoms with Crippen molar-refractivity contribution in [2.24, 2.45) is 34.5 Å². The van der Waals surface area contributed by atoms with Crippen LogP contribution in [0.1, 0.15) is 78.6 Å². The molecular formula is C20H34O2. The normalized spacial score (nSPS) is 61.2. The number of rotatable bonds is 0. The molecule has 4 rings (SSSR count). The summed E-state index contributed by atoms with van der Waals surface area (Å²) in [5.41, 5.74) is 0.145. The Hall–Kier alpha value is -0.0800. The molecule has 0 spiro atoms. The number of aliphatic hydroxyl groups is 2. The Morgan fingerprint density at radius 2 is 1.55 bits per heavy atom. The van der Waals surface area contributed by atoms with Gasteiger partial charge in [-0.3, -0.25) is 0 Å². The van der Waals surface area contributed by atoms with E-state index in [0.717, 1.165) is 42.9 Å². The van der Waals surface area contributed by atoms with Gasteiger partial charge in [0.15, 0.2) is 0 Å². The number of hydrogen-bond acceptors (Lipinski definition) is 2. The highest BCUT2D eigenvalue weighted by Gasteiger charge is 2.63. The van der Waals surface area contributed by atoms with Crippen LogP contribution in [0.3, 0.4) is 0 Å². The zero-order chi connectivity index (χ0) is 15.8. The molecule has 0 heterocycles. The lowest BCUT2D eigenvalue weighted by molar-refractivity contribution is -0.153. The van der Waals surface area contributed by atoms with Crippen LogP contribution < -0.4 is 0 Å². The highest BCUT2D eigenvalue weighted by molar-refractivity contribution is 5.12. The maximum atomic E-state index is 10.9. The Bertz CT molecular complexity index is 459. The summed E-state index contributed by atoms with van der Waals surface area (Å²) < 4.78 is 0. The van der Waals surface area contributed by atoms with Gasteiger partial charge < -0.3 is 10.2 Å². The minimum absolute atomic E-state index is 0.0457. The maximum Gasteiger partial charge on any atom is 0.0675 e. The van der Waals surface area contributed by atoms with E-state index in [1.165, 1.54) is 38.5 Å². The predicted molar refractivity (Wildman–Crippen MR) is 88.4 cm³/mol. The number of fused-ring (bicyclic) bond motifs is 5. The van der Waals surface area contributed by atoms with E-state index in [0.29, 0.717) is 5.41 Å². The molecule has 2 nitrogen and oxygen atoms in total. The maximum absolute atomic E-state index is 10.9. The van der Waals surface area contributed by atoms with E-state index >= 15 is 0 Å². The van der Waals surface area contributed by atoms with Crippen LogP contribution in [0.5, 0.6) is 0 Å². The fourth-order valence-electron chi connectivity index (χ4n) is 7.48. The summed E-state index contributed by atoms with van der Waals surface area (Å²) in [7, 11) is 0. The molecule has 0 saturated heterocycles. The van der Waals surface area contributed by atoms with Crippen molar-refractivity contribution in [3.8, 4) is 0 Å². The van der Waals surface area contributed by atoms with Crippen LogP contribution in [0.4, 0.5) is 0 Å². The molecule has 4 fully saturated rings. The van der Waals surface area contributed by atoms with E-state index < -0.39 is 5.60 Å². The highest BCUT2D eigenvalue weighted by atomic mass is 16.3. The summed E-state index contributed by atoms with van der Waals surface area (Å²) in [4.78, 5) is 0. The zero-order valence-corrected chi connectivity index (χ0v) is 14.6. The Kier molecular flexibility index (Phi) is 3.32. The van der Waals surface area contributed by atoms with Crippen LogP contribution in [0, 0.1) is 34.5 Å². The lowest BCUT2D eigenvalue weighted by atomic mass is 9.44. The van der Waals surface area contributed by atoms with Gasteiger partial charge in [0.1, 0.15) is 0 Å². The van der Waals surface area contributed by atoms with Crippen LogP contribution >= 0.6 is 0 Å². The Morgan fingerprint density at radius 1 is 0.818 bits per heavy atom. The third-order valence-electron chi connectivity index (χ3n) is 9.20. The van der Waals surface area contributed by atoms with Crippen LogP contribution in [0.15, 0.2) is 0 Å². The SMILES string of the molecule is C[C@]12CC[C@H](O)C[C@@H]1CC[C@H]1[C@H]2CC[C@]2(C)[C@@H]1CC[C@]2(C)O. The zero-order valence-electron chi connectivity index (χ0n) is 14.6. The lowest BCUT2D eigenvalue weighted by Crippen LogP contribution is -2.56. The second-order valence-electron chi connectivity index (χ2n) is 9.85. The Labute approximate surface area is 135 Å². The van der Waals surface area contributed by atoms with Crippen molar-refractivity contribution in [1.82, 2.24) is 0 Å². The summed E-state index contributed by atoms with van der Waals surface area (Å²) in [5.74, 6) is 3.13. The van der Waals surface area contributed by atoms with Gasteiger partial charge in [-0.05, 0) is 99.2 Å². The summed E-state index contributed by atoms with van der Waals surface area (Å²) in [5, 5.41) is 21.0. The van der Waals surface area contributed by atoms with E-state index in [2.05, 4.69) is 20.8 Å². The quantitative estimate of drug-likeness (QED) is 0.706. The predicted octanol–water partition coefficient (Wildman–Crippen LogP) is 4.14. The second-order valence-corrected chi connectivity index (χ2v) is 9.85. The summed E-state index contributed by atoms with van der Waals surface area (Å²) in [6, 6.07) is 0. The van der Waals surface area contributed by atoms with Crippen LogP contribution in [0.25, 0.3) is 0 Å². The lowest BCUT2D eigenvalue weighted by Gasteiger charge is -2.61. The van der Waals surface area contributed by atoms with Gasteiger partial charge in [-0.2, -0.15) is 0 Å². The van der Waals surface area contributed by atoms with Crippen LogP contribution in [-0.2, 0) is 0 Å². The monoisotopic (exact) mass is 306 g/mol. The number of hydrogen-bond donors (Lipinski definition) is 2. The fourth-order valence-corrected chi connectivity index (χ4v) is 7.48. The molecule has 0 aliphatic heterocycles. The standard InChI is InChI=1S/C20H34O2/c1-18-9-6-14(21)12-13(18)4-5-15-16(18)7-10-19(2)17(15)8-11-20(19,3)22/h13-17,21-22H,4-12H2,1-3H3/t13-,14-,15-,16+,17+,18-,19+,20-/m0/s1. The molecule has 2 N–H and O–H groups in total. The average Bonchev–Trinajstić information content (AvgIpc) is 2.70. The minimum Gasteiger partial charge on any atom is -0.393 e. The van der Waals surface area contributed by atoms with Gasteiger partial charge in [-0.15, -0.1) is 0 Å². The largest absolute Gasteiger partial charge is 0.393 e. The van der Waals surface area contributed by atoms with Gasteiger partial charge in [-0.25, -0.2) is 0 Å². The van der Waals surface area contributed by atoms with Gasteiger partial charge >= 0.3 is 0 Å². The molecule has 4 saturated carbocycles. The first-order chi connectivity index (χ1) is 10.3. The summed E-state index contributed by atoms with van der Waals surface area (Å²) in [6.07, 6.45) is 10.6. The van der Waals surface area contributed by atoms with E-state index in [4.69, 9.17) is 0 Å². The van der Waals surface area contributed by atoms with E-state index in [1.54, 1.807) is 0 Å². The van der Waals surface area contributed by atoms with Gasteiger partial charge in [0.05, 0.1) is 11.7 Å². The molecule has 0 amide bonds. The molecule has 2 heteroatoms. The molecule has 0 aromatic carbocycles. The molecule has 0 aromatic rings. The van der Waals surface area contributed by atoms with Gasteiger partial charge in [0, 0.05) is 0 Å². The molecule has 126 valence electrons. The van der Waals surface area contributed by atoms with Crippen molar-refractivity contribution in [2.75, 3.05) is 0 Å². The van der Waals surface area contributed by atoms with Crippen molar-refractivity contribution in [1.29, 1.82) is 0 Å². The van der Waals surface area contributed by atoms with E-state index in [1.807, 2.05) is 0 Å². The Balaban J connectivity index is 1.64. The van der Waals surface area contributed by atoms with Crippen molar-refractivity contribution >= 4 is 0 Å². The number of aliphatic hydroxyl groups excluding tert-OH is 1. The third-order valence-corrected chi connectivity index (χ3v) is 9.20. The molecule has 4 aliphatic carbocycles. The first kappa shape index (κ1) is 15.4. The first-order valence-corrected chi connectivity index (χ1v) is 9.68. The topological polar surface area (TPSA) is 40.5 Å². The van der Waals surface area contributed by atoms with Crippen molar-refractivity contribution in [3.63, 3.8) is 0 Å². The molecule has 22 heavy (non-hydrogen) atoms. The van der Waals surface area contributed by atoms with Crippen molar-refractivity contribution in [3.05, 3.63) is 0 Å². The smallest absolute Gasteiger partial charge is 0.0675 e. The van der Waals surface area contributed by atoms with E-state index in [-0.39, 0.29) is 11.5 Å². The van der Waals surface area contributed by atoms with E-state index in [9.17, 15) is 10.2 Å². The third kappa shape index (κ3) is 1.86. The van der Waals surface area contributed by atoms with Crippen molar-refractivity contribution < 1.29 is 10.2 Å². The second kappa shape index (κ2) is 4.72. The Morgan fingerprint density at radius 3 is 2.32 bits per heavy atom. The molecule has 0 unspecified atom stereocenters. The fraction of sp³-hybridized carbons (Fsp3) is 1.00. The van der Waals surface area contributed by atoms with Crippen molar-refractivity contribution in [2.45, 2.75) is 90.3 Å². The van der Waals surface area contributed by atoms with Crippen LogP contribution in [-0.4, -0.2) is 21.9 Å². The van der Waals surface area contributed by atoms with Crippen LogP contribution in [0.2, 0.25) is 0 Å². The molecular weight excluding hydrogens is 272 g/mol. The van der Waals surface area contributed by atoms with Gasteiger partial charge in [-0.1, -0.05) is 13.8 Å². The molecule has 8 atom stereocenters.